The smallest absolute Gasteiger partial charge is 0.267 e. The van der Waals surface area contributed by atoms with E-state index >= 15 is 0 Å². The third-order valence-corrected chi connectivity index (χ3v) is 5.05. The summed E-state index contributed by atoms with van der Waals surface area (Å²) in [6.45, 7) is 2.07. The minimum absolute atomic E-state index is 0.0194. The van der Waals surface area contributed by atoms with Crippen LogP contribution >= 0.6 is 0 Å². The van der Waals surface area contributed by atoms with Crippen LogP contribution in [0, 0.1) is 5.41 Å². The molecule has 0 unspecified atom stereocenters. The summed E-state index contributed by atoms with van der Waals surface area (Å²) in [6.07, 6.45) is 6.80. The highest BCUT2D eigenvalue weighted by atomic mass is 16.5. The van der Waals surface area contributed by atoms with Crippen molar-refractivity contribution in [3.8, 4) is 5.69 Å². The van der Waals surface area contributed by atoms with Gasteiger partial charge in [0.15, 0.2) is 0 Å². The molecule has 160 valence electrons. The number of amides is 1. The van der Waals surface area contributed by atoms with Crippen molar-refractivity contribution in [1.29, 1.82) is 5.41 Å². The first kappa shape index (κ1) is 21.9. The summed E-state index contributed by atoms with van der Waals surface area (Å²) in [5.41, 5.74) is 12.2. The Labute approximate surface area is 180 Å². The van der Waals surface area contributed by atoms with Crippen LogP contribution < -0.4 is 11.2 Å². The summed E-state index contributed by atoms with van der Waals surface area (Å²) in [5.74, 6) is -0.559. The molecule has 0 spiro atoms. The van der Waals surface area contributed by atoms with E-state index < -0.39 is 5.91 Å². The minimum Gasteiger partial charge on any atom is -0.399 e. The molecule has 1 amide bonds. The van der Waals surface area contributed by atoms with Gasteiger partial charge in [-0.15, -0.1) is 5.10 Å². The highest BCUT2D eigenvalue weighted by Gasteiger charge is 2.16. The first-order valence-corrected chi connectivity index (χ1v) is 10.1. The lowest BCUT2D eigenvalue weighted by molar-refractivity contribution is -0.124. The van der Waals surface area contributed by atoms with Gasteiger partial charge in [-0.05, 0) is 60.7 Å². The highest BCUT2D eigenvalue weighted by Crippen LogP contribution is 2.24. The number of nitrogens with zero attached hydrogens (tertiary/aromatic N) is 3. The summed E-state index contributed by atoms with van der Waals surface area (Å²) in [7, 11) is 0. The molecule has 1 heterocycles. The van der Waals surface area contributed by atoms with Crippen molar-refractivity contribution in [3.63, 3.8) is 0 Å². The van der Waals surface area contributed by atoms with Crippen LogP contribution in [0.25, 0.3) is 11.8 Å². The van der Waals surface area contributed by atoms with Crippen LogP contribution in [0.15, 0.2) is 60.8 Å². The summed E-state index contributed by atoms with van der Waals surface area (Å²) in [4.78, 5) is 11.1. The number of carbonyl (C=O) groups is 1. The van der Waals surface area contributed by atoms with Crippen molar-refractivity contribution in [2.75, 3.05) is 5.73 Å². The molecule has 3 aromatic rings. The van der Waals surface area contributed by atoms with E-state index in [2.05, 4.69) is 17.2 Å². The van der Waals surface area contributed by atoms with Crippen molar-refractivity contribution in [2.24, 2.45) is 0 Å². The molecule has 8 heteroatoms. The normalized spacial score (nSPS) is 12.1. The average molecular weight is 419 g/mol. The predicted molar refractivity (Wildman–Crippen MR) is 120 cm³/mol. The maximum absolute atomic E-state index is 11.1. The van der Waals surface area contributed by atoms with Crippen molar-refractivity contribution in [3.05, 3.63) is 77.6 Å². The number of hydroxylamine groups is 1. The Morgan fingerprint density at radius 3 is 2.58 bits per heavy atom. The van der Waals surface area contributed by atoms with Crippen molar-refractivity contribution < 1.29 is 10.0 Å². The van der Waals surface area contributed by atoms with Gasteiger partial charge in [0.25, 0.3) is 5.91 Å². The van der Waals surface area contributed by atoms with Gasteiger partial charge in [-0.25, -0.2) is 10.2 Å². The van der Waals surface area contributed by atoms with E-state index in [4.69, 9.17) is 16.4 Å². The molecule has 0 radical (unpaired) electrons. The number of nitrogens with two attached hydrogens (primary N) is 1. The van der Waals surface area contributed by atoms with E-state index in [0.29, 0.717) is 24.2 Å². The third-order valence-electron chi connectivity index (χ3n) is 5.05. The molecule has 2 aromatic carbocycles. The molecule has 8 nitrogen and oxygen atoms in total. The number of benzene rings is 2. The molecule has 0 bridgehead atoms. The molecule has 1 atom stereocenters. The lowest BCUT2D eigenvalue weighted by Gasteiger charge is -2.17. The van der Waals surface area contributed by atoms with Gasteiger partial charge in [0.1, 0.15) is 0 Å². The number of hydrogen-bond acceptors (Lipinski definition) is 6. The first-order valence-electron chi connectivity index (χ1n) is 10.1. The number of nitrogens with one attached hydrogen (secondary N) is 2. The van der Waals surface area contributed by atoms with Gasteiger partial charge in [-0.3, -0.25) is 10.0 Å². The van der Waals surface area contributed by atoms with E-state index in [-0.39, 0.29) is 5.92 Å². The van der Waals surface area contributed by atoms with Crippen LogP contribution in [0.2, 0.25) is 0 Å². The summed E-state index contributed by atoms with van der Waals surface area (Å²) < 4.78 is 1.71. The second kappa shape index (κ2) is 10.3. The van der Waals surface area contributed by atoms with E-state index in [1.807, 2.05) is 54.7 Å². The van der Waals surface area contributed by atoms with Gasteiger partial charge < -0.3 is 11.1 Å². The number of carbonyl (C=O) groups excluding carboxylic acids is 1. The zero-order valence-corrected chi connectivity index (χ0v) is 17.3. The number of hydrogen-bond donors (Lipinski definition) is 4. The van der Waals surface area contributed by atoms with Crippen molar-refractivity contribution >= 4 is 23.4 Å². The van der Waals surface area contributed by atoms with Crippen molar-refractivity contribution in [1.82, 2.24) is 20.5 Å². The number of aryl methyl sites for hydroxylation is 1. The van der Waals surface area contributed by atoms with Gasteiger partial charge in [0.05, 0.1) is 17.6 Å². The summed E-state index contributed by atoms with van der Waals surface area (Å²) >= 11 is 0. The fourth-order valence-corrected chi connectivity index (χ4v) is 3.34. The van der Waals surface area contributed by atoms with Crippen LogP contribution in [0.5, 0.6) is 0 Å². The van der Waals surface area contributed by atoms with E-state index in [9.17, 15) is 4.79 Å². The van der Waals surface area contributed by atoms with Gasteiger partial charge in [0, 0.05) is 23.4 Å². The Balaban J connectivity index is 1.60. The highest BCUT2D eigenvalue weighted by molar-refractivity contribution is 5.91. The molecule has 0 saturated carbocycles. The molecular weight excluding hydrogens is 392 g/mol. The Hall–Kier alpha value is -3.78. The number of anilines is 1. The monoisotopic (exact) mass is 418 g/mol. The van der Waals surface area contributed by atoms with Crippen LogP contribution in [0.1, 0.15) is 42.5 Å². The fraction of sp³-hybridized carbons (Fsp3) is 0.217. The SMILES string of the molecule is CC[C@H](C(=N)CCc1cn(-c2ccc(N)cc2)nn1)c1ccc(/C=C/C(=O)NO)cc1. The van der Waals surface area contributed by atoms with Crippen LogP contribution in [0.4, 0.5) is 5.69 Å². The Bertz CT molecular complexity index is 1050. The molecular formula is C23H26N6O2. The zero-order valence-electron chi connectivity index (χ0n) is 17.3. The number of aromatic nitrogens is 3. The second-order valence-corrected chi connectivity index (χ2v) is 7.21. The average Bonchev–Trinajstić information content (AvgIpc) is 3.27. The van der Waals surface area contributed by atoms with Crippen molar-refractivity contribution in [2.45, 2.75) is 32.1 Å². The van der Waals surface area contributed by atoms with E-state index in [1.54, 1.807) is 16.2 Å². The Kier molecular flexibility index (Phi) is 7.29. The molecule has 5 N–H and O–H groups in total. The van der Waals surface area contributed by atoms with E-state index in [0.717, 1.165) is 28.9 Å². The van der Waals surface area contributed by atoms with Crippen LogP contribution in [-0.2, 0) is 11.2 Å². The lowest BCUT2D eigenvalue weighted by Crippen LogP contribution is -2.14. The molecule has 0 aliphatic heterocycles. The summed E-state index contributed by atoms with van der Waals surface area (Å²) in [6, 6.07) is 15.1. The largest absolute Gasteiger partial charge is 0.399 e. The third kappa shape index (κ3) is 5.86. The standard InChI is InChI=1S/C23H26N6O2/c1-2-21(17-6-3-16(4-7-17)5-14-23(30)27-31)22(25)13-10-19-15-29(28-26-19)20-11-8-18(24)9-12-20/h3-9,11-12,14-15,21,25,31H,2,10,13,24H2,1H3,(H,27,30)/b14-5+,25-22?/t21-/m0/s1. The van der Waals surface area contributed by atoms with Gasteiger partial charge in [0.2, 0.25) is 0 Å². The summed E-state index contributed by atoms with van der Waals surface area (Å²) in [5, 5.41) is 25.5. The van der Waals surface area contributed by atoms with Crippen LogP contribution in [-0.4, -0.2) is 31.8 Å². The number of rotatable bonds is 9. The quantitative estimate of drug-likeness (QED) is 0.139. The Morgan fingerprint density at radius 2 is 1.94 bits per heavy atom. The molecule has 0 fully saturated rings. The molecule has 1 aromatic heterocycles. The van der Waals surface area contributed by atoms with Gasteiger partial charge in [-0.2, -0.15) is 0 Å². The predicted octanol–water partition coefficient (Wildman–Crippen LogP) is 3.51. The number of nitrogen functional groups attached to an aromatic ring is 1. The molecule has 0 aliphatic carbocycles. The van der Waals surface area contributed by atoms with Gasteiger partial charge >= 0.3 is 0 Å². The molecule has 0 saturated heterocycles. The lowest BCUT2D eigenvalue weighted by atomic mass is 9.88. The maximum atomic E-state index is 11.1. The molecule has 0 aliphatic rings. The minimum atomic E-state index is -0.578. The second-order valence-electron chi connectivity index (χ2n) is 7.21. The first-order chi connectivity index (χ1) is 15.0. The van der Waals surface area contributed by atoms with E-state index in [1.165, 1.54) is 6.08 Å². The molecule has 3 rings (SSSR count). The van der Waals surface area contributed by atoms with Gasteiger partial charge in [-0.1, -0.05) is 36.4 Å². The Morgan fingerprint density at radius 1 is 1.23 bits per heavy atom. The fourth-order valence-electron chi connectivity index (χ4n) is 3.34. The maximum Gasteiger partial charge on any atom is 0.267 e. The zero-order chi connectivity index (χ0) is 22.2. The van der Waals surface area contributed by atoms with Crippen LogP contribution in [0.3, 0.4) is 0 Å². The molecule has 31 heavy (non-hydrogen) atoms. The topological polar surface area (TPSA) is 130 Å².